The van der Waals surface area contributed by atoms with Crippen molar-refractivity contribution in [3.8, 4) is 0 Å². The molecule has 1 unspecified atom stereocenters. The molecule has 0 aliphatic carbocycles. The van der Waals surface area contributed by atoms with Crippen LogP contribution >= 0.6 is 11.8 Å². The fourth-order valence-corrected chi connectivity index (χ4v) is 3.09. The summed E-state index contributed by atoms with van der Waals surface area (Å²) in [7, 11) is 0. The van der Waals surface area contributed by atoms with Gasteiger partial charge in [-0.2, -0.15) is 21.7 Å². The predicted molar refractivity (Wildman–Crippen MR) is 70.2 cm³/mol. The Morgan fingerprint density at radius 1 is 1.53 bits per heavy atom. The number of nitrogen functional groups attached to an aromatic ring is 1. The second-order valence-corrected chi connectivity index (χ2v) is 5.68. The number of fused-ring (bicyclic) bond motifs is 1. The fraction of sp³-hybridized carbons (Fsp3) is 0.500. The number of rotatable bonds is 1. The number of nitrogens with zero attached hydrogens (tertiary/aromatic N) is 4. The molecule has 3 heterocycles. The Kier molecular flexibility index (Phi) is 2.54. The lowest BCUT2D eigenvalue weighted by Crippen LogP contribution is -2.37. The van der Waals surface area contributed by atoms with E-state index in [4.69, 9.17) is 5.73 Å². The van der Waals surface area contributed by atoms with Crippen molar-refractivity contribution in [3.05, 3.63) is 6.33 Å². The van der Waals surface area contributed by atoms with Gasteiger partial charge in [0.05, 0.1) is 6.33 Å². The zero-order chi connectivity index (χ0) is 11.8. The third kappa shape index (κ3) is 1.90. The van der Waals surface area contributed by atoms with Gasteiger partial charge in [-0.15, -0.1) is 0 Å². The van der Waals surface area contributed by atoms with Gasteiger partial charge in [-0.25, -0.2) is 4.98 Å². The fourth-order valence-electron chi connectivity index (χ4n) is 2.07. The highest BCUT2D eigenvalue weighted by Gasteiger charge is 2.21. The monoisotopic (exact) mass is 250 g/mol. The molecule has 1 aliphatic heterocycles. The Bertz CT molecular complexity index is 539. The number of H-pyrrole nitrogens is 1. The van der Waals surface area contributed by atoms with E-state index in [1.54, 1.807) is 6.33 Å². The Morgan fingerprint density at radius 3 is 3.24 bits per heavy atom. The highest BCUT2D eigenvalue weighted by atomic mass is 32.2. The van der Waals surface area contributed by atoms with Crippen molar-refractivity contribution in [2.45, 2.75) is 12.2 Å². The maximum Gasteiger partial charge on any atom is 0.224 e. The van der Waals surface area contributed by atoms with Gasteiger partial charge >= 0.3 is 0 Å². The van der Waals surface area contributed by atoms with Gasteiger partial charge in [0.1, 0.15) is 5.52 Å². The van der Waals surface area contributed by atoms with Crippen LogP contribution in [-0.4, -0.2) is 44.0 Å². The quantitative estimate of drug-likeness (QED) is 0.781. The van der Waals surface area contributed by atoms with E-state index in [-0.39, 0.29) is 5.95 Å². The van der Waals surface area contributed by atoms with E-state index in [2.05, 4.69) is 31.8 Å². The summed E-state index contributed by atoms with van der Waals surface area (Å²) in [4.78, 5) is 17.9. The van der Waals surface area contributed by atoms with Gasteiger partial charge in [0.15, 0.2) is 11.5 Å². The summed E-state index contributed by atoms with van der Waals surface area (Å²) in [6.07, 6.45) is 1.63. The van der Waals surface area contributed by atoms with Crippen LogP contribution in [0.3, 0.4) is 0 Å². The average molecular weight is 250 g/mol. The zero-order valence-electron chi connectivity index (χ0n) is 9.55. The minimum Gasteiger partial charge on any atom is -0.368 e. The SMILES string of the molecule is CC1CN(c2nc(N)nc3nc[nH]c23)CCS1. The third-order valence-electron chi connectivity index (χ3n) is 2.82. The number of hydrogen-bond acceptors (Lipinski definition) is 6. The highest BCUT2D eigenvalue weighted by Crippen LogP contribution is 2.26. The minimum absolute atomic E-state index is 0.283. The van der Waals surface area contributed by atoms with Gasteiger partial charge in [0.25, 0.3) is 0 Å². The number of nitrogens with two attached hydrogens (primary N) is 1. The molecule has 0 spiro atoms. The summed E-state index contributed by atoms with van der Waals surface area (Å²) in [5.41, 5.74) is 7.23. The summed E-state index contributed by atoms with van der Waals surface area (Å²) in [5.74, 6) is 2.27. The third-order valence-corrected chi connectivity index (χ3v) is 3.96. The van der Waals surface area contributed by atoms with Gasteiger partial charge in [0, 0.05) is 24.1 Å². The highest BCUT2D eigenvalue weighted by molar-refractivity contribution is 8.00. The number of aromatic nitrogens is 4. The van der Waals surface area contributed by atoms with E-state index < -0.39 is 0 Å². The second-order valence-electron chi connectivity index (χ2n) is 4.13. The molecule has 0 aromatic carbocycles. The normalized spacial score (nSPS) is 21.0. The number of imidazole rings is 1. The number of aromatic amines is 1. The average Bonchev–Trinajstić information content (AvgIpc) is 2.75. The second kappa shape index (κ2) is 4.06. The Hall–Kier alpha value is -1.50. The summed E-state index contributed by atoms with van der Waals surface area (Å²) in [5, 5.41) is 0.609. The Labute approximate surface area is 103 Å². The summed E-state index contributed by atoms with van der Waals surface area (Å²) >= 11 is 1.99. The molecule has 2 aromatic heterocycles. The molecule has 17 heavy (non-hydrogen) atoms. The molecule has 1 atom stereocenters. The van der Waals surface area contributed by atoms with Crippen LogP contribution in [-0.2, 0) is 0 Å². The number of thioether (sulfide) groups is 1. The van der Waals surface area contributed by atoms with E-state index in [1.165, 1.54) is 0 Å². The van der Waals surface area contributed by atoms with Crippen LogP contribution < -0.4 is 10.6 Å². The van der Waals surface area contributed by atoms with Gasteiger partial charge in [-0.3, -0.25) is 0 Å². The van der Waals surface area contributed by atoms with E-state index >= 15 is 0 Å². The molecule has 1 aliphatic rings. The van der Waals surface area contributed by atoms with Gasteiger partial charge in [-0.1, -0.05) is 6.92 Å². The van der Waals surface area contributed by atoms with E-state index in [0.29, 0.717) is 10.9 Å². The molecule has 0 amide bonds. The summed E-state index contributed by atoms with van der Waals surface area (Å²) in [6.45, 7) is 4.19. The van der Waals surface area contributed by atoms with Gasteiger partial charge in [0.2, 0.25) is 5.95 Å². The first-order valence-corrected chi connectivity index (χ1v) is 6.62. The smallest absolute Gasteiger partial charge is 0.224 e. The molecule has 3 N–H and O–H groups in total. The molecule has 3 rings (SSSR count). The molecule has 1 fully saturated rings. The van der Waals surface area contributed by atoms with Crippen LogP contribution in [0.2, 0.25) is 0 Å². The molecular formula is C10H14N6S. The first-order valence-electron chi connectivity index (χ1n) is 5.57. The molecule has 0 radical (unpaired) electrons. The first-order chi connectivity index (χ1) is 8.24. The van der Waals surface area contributed by atoms with Crippen molar-refractivity contribution in [2.24, 2.45) is 0 Å². The van der Waals surface area contributed by atoms with E-state index in [9.17, 15) is 0 Å². The van der Waals surface area contributed by atoms with Crippen molar-refractivity contribution in [1.82, 2.24) is 19.9 Å². The Morgan fingerprint density at radius 2 is 2.41 bits per heavy atom. The summed E-state index contributed by atoms with van der Waals surface area (Å²) < 4.78 is 0. The van der Waals surface area contributed by atoms with Crippen molar-refractivity contribution in [2.75, 3.05) is 29.5 Å². The van der Waals surface area contributed by atoms with Gasteiger partial charge < -0.3 is 15.6 Å². The molecule has 6 nitrogen and oxygen atoms in total. The van der Waals surface area contributed by atoms with Crippen LogP contribution in [0.25, 0.3) is 11.2 Å². The first kappa shape index (κ1) is 10.6. The maximum atomic E-state index is 5.72. The predicted octanol–water partition coefficient (Wildman–Crippen LogP) is 0.877. The maximum absolute atomic E-state index is 5.72. The number of nitrogens with one attached hydrogen (secondary N) is 1. The lowest BCUT2D eigenvalue weighted by Gasteiger charge is -2.31. The molecule has 0 bridgehead atoms. The molecule has 90 valence electrons. The molecule has 1 saturated heterocycles. The molecule has 0 saturated carbocycles. The van der Waals surface area contributed by atoms with E-state index in [1.807, 2.05) is 11.8 Å². The lowest BCUT2D eigenvalue weighted by atomic mass is 10.3. The minimum atomic E-state index is 0.283. The van der Waals surface area contributed by atoms with Crippen LogP contribution in [0.1, 0.15) is 6.92 Å². The van der Waals surface area contributed by atoms with Gasteiger partial charge in [-0.05, 0) is 0 Å². The van der Waals surface area contributed by atoms with Crippen LogP contribution in [0, 0.1) is 0 Å². The zero-order valence-corrected chi connectivity index (χ0v) is 10.4. The standard InChI is InChI=1S/C10H14N6S/c1-6-4-16(2-3-17-6)9-7-8(13-5-12-7)14-10(11)15-9/h5-6H,2-4H2,1H3,(H3,11,12,13,14,15). The molecule has 7 heteroatoms. The van der Waals surface area contributed by atoms with Crippen LogP contribution in [0.5, 0.6) is 0 Å². The topological polar surface area (TPSA) is 83.7 Å². The van der Waals surface area contributed by atoms with Crippen LogP contribution in [0.4, 0.5) is 11.8 Å². The molecule has 2 aromatic rings. The van der Waals surface area contributed by atoms with Crippen molar-refractivity contribution in [1.29, 1.82) is 0 Å². The van der Waals surface area contributed by atoms with Crippen molar-refractivity contribution >= 4 is 34.7 Å². The Balaban J connectivity index is 2.06. The molecular weight excluding hydrogens is 236 g/mol. The van der Waals surface area contributed by atoms with E-state index in [0.717, 1.165) is 30.2 Å². The number of anilines is 2. The van der Waals surface area contributed by atoms with Crippen molar-refractivity contribution < 1.29 is 0 Å². The largest absolute Gasteiger partial charge is 0.368 e. The number of hydrogen-bond donors (Lipinski definition) is 2. The summed E-state index contributed by atoms with van der Waals surface area (Å²) in [6, 6.07) is 0. The van der Waals surface area contributed by atoms with Crippen molar-refractivity contribution in [3.63, 3.8) is 0 Å². The van der Waals surface area contributed by atoms with Crippen LogP contribution in [0.15, 0.2) is 6.33 Å². The lowest BCUT2D eigenvalue weighted by molar-refractivity contribution is 0.772.